The van der Waals surface area contributed by atoms with Crippen molar-refractivity contribution in [2.24, 2.45) is 11.5 Å². The number of rotatable bonds is 18. The van der Waals surface area contributed by atoms with Gasteiger partial charge >= 0.3 is 17.9 Å². The van der Waals surface area contributed by atoms with Gasteiger partial charge < -0.3 is 42.7 Å². The maximum absolute atomic E-state index is 12.7. The Labute approximate surface area is 200 Å². The number of aliphatic carboxylic acids is 3. The molecule has 0 radical (unpaired) electrons. The molecule has 194 valence electrons. The Bertz CT molecular complexity index is 737. The van der Waals surface area contributed by atoms with Crippen LogP contribution in [0.5, 0.6) is 0 Å². The smallest absolute Gasteiger partial charge is 0.326 e. The topological polar surface area (TPSA) is 251 Å². The van der Waals surface area contributed by atoms with Crippen molar-refractivity contribution >= 4 is 47.4 Å². The van der Waals surface area contributed by atoms with Crippen LogP contribution in [0.2, 0.25) is 0 Å². The number of carboxylic acid groups (broad SMARTS) is 3. The van der Waals surface area contributed by atoms with Crippen LogP contribution < -0.4 is 27.4 Å². The van der Waals surface area contributed by atoms with Crippen LogP contribution in [0.4, 0.5) is 0 Å². The van der Waals surface area contributed by atoms with Crippen molar-refractivity contribution in [2.75, 3.05) is 18.6 Å². The number of unbranched alkanes of at least 4 members (excludes halogenated alkanes) is 1. The van der Waals surface area contributed by atoms with E-state index in [4.69, 9.17) is 21.7 Å². The minimum Gasteiger partial charge on any atom is -0.481 e. The normalized spacial score (nSPS) is 14.2. The highest BCUT2D eigenvalue weighted by atomic mass is 32.2. The lowest BCUT2D eigenvalue weighted by molar-refractivity contribution is -0.143. The van der Waals surface area contributed by atoms with E-state index in [-0.39, 0.29) is 12.8 Å². The van der Waals surface area contributed by atoms with Gasteiger partial charge in [0.1, 0.15) is 18.1 Å². The summed E-state index contributed by atoms with van der Waals surface area (Å²) in [6.07, 6.45) is 1.30. The zero-order valence-corrected chi connectivity index (χ0v) is 19.6. The number of carboxylic acids is 3. The van der Waals surface area contributed by atoms with E-state index < -0.39 is 72.6 Å². The Kier molecular flexibility index (Phi) is 15.2. The fraction of sp³-hybridized carbons (Fsp3) is 0.684. The summed E-state index contributed by atoms with van der Waals surface area (Å²) in [5.74, 6) is -6.48. The first-order valence-corrected chi connectivity index (χ1v) is 11.8. The fourth-order valence-electron chi connectivity index (χ4n) is 2.74. The summed E-state index contributed by atoms with van der Waals surface area (Å²) in [4.78, 5) is 70.9. The molecule has 0 heterocycles. The van der Waals surface area contributed by atoms with Crippen molar-refractivity contribution in [3.63, 3.8) is 0 Å². The molecule has 0 aromatic rings. The highest BCUT2D eigenvalue weighted by molar-refractivity contribution is 7.98. The van der Waals surface area contributed by atoms with Gasteiger partial charge in [0.15, 0.2) is 0 Å². The maximum Gasteiger partial charge on any atom is 0.326 e. The Morgan fingerprint density at radius 2 is 1.29 bits per heavy atom. The second kappa shape index (κ2) is 16.7. The molecule has 0 rings (SSSR count). The van der Waals surface area contributed by atoms with Crippen molar-refractivity contribution in [1.29, 1.82) is 0 Å². The minimum atomic E-state index is -1.65. The van der Waals surface area contributed by atoms with Crippen LogP contribution in [0.1, 0.15) is 38.5 Å². The Morgan fingerprint density at radius 3 is 1.79 bits per heavy atom. The number of carbonyl (C=O) groups is 6. The van der Waals surface area contributed by atoms with Crippen LogP contribution in [0, 0.1) is 0 Å². The molecule has 3 amide bonds. The van der Waals surface area contributed by atoms with Gasteiger partial charge in [-0.25, -0.2) is 4.79 Å². The molecule has 0 fully saturated rings. The highest BCUT2D eigenvalue weighted by Crippen LogP contribution is 2.06. The molecule has 15 heteroatoms. The lowest BCUT2D eigenvalue weighted by Gasteiger charge is -2.24. The first-order valence-electron chi connectivity index (χ1n) is 10.4. The summed E-state index contributed by atoms with van der Waals surface area (Å²) in [7, 11) is 0. The van der Waals surface area contributed by atoms with Gasteiger partial charge in [-0.2, -0.15) is 11.8 Å². The van der Waals surface area contributed by atoms with Crippen molar-refractivity contribution < 1.29 is 44.1 Å². The third kappa shape index (κ3) is 13.0. The summed E-state index contributed by atoms with van der Waals surface area (Å²) in [6, 6.07) is -5.60. The molecule has 10 N–H and O–H groups in total. The maximum atomic E-state index is 12.7. The fourth-order valence-corrected chi connectivity index (χ4v) is 3.21. The monoisotopic (exact) mass is 507 g/mol. The van der Waals surface area contributed by atoms with Gasteiger partial charge in [-0.05, 0) is 44.2 Å². The molecule has 0 aliphatic rings. The first kappa shape index (κ1) is 31.1. The summed E-state index contributed by atoms with van der Waals surface area (Å²) in [6.45, 7) is 0.312. The Balaban J connectivity index is 5.50. The van der Waals surface area contributed by atoms with Gasteiger partial charge in [-0.1, -0.05) is 0 Å². The van der Waals surface area contributed by atoms with Crippen molar-refractivity contribution in [3.8, 4) is 0 Å². The molecule has 0 spiro atoms. The van der Waals surface area contributed by atoms with Crippen LogP contribution in [-0.2, 0) is 28.8 Å². The van der Waals surface area contributed by atoms with E-state index >= 15 is 0 Å². The second-order valence-electron chi connectivity index (χ2n) is 7.39. The molecule has 0 saturated heterocycles. The number of amides is 3. The molecule has 0 bridgehead atoms. The van der Waals surface area contributed by atoms with Crippen molar-refractivity contribution in [3.05, 3.63) is 0 Å². The van der Waals surface area contributed by atoms with Crippen LogP contribution in [0.3, 0.4) is 0 Å². The summed E-state index contributed by atoms with van der Waals surface area (Å²) >= 11 is 1.39. The van der Waals surface area contributed by atoms with E-state index in [9.17, 15) is 33.9 Å². The predicted octanol–water partition coefficient (Wildman–Crippen LogP) is -2.32. The summed E-state index contributed by atoms with van der Waals surface area (Å²) in [5, 5.41) is 33.9. The van der Waals surface area contributed by atoms with E-state index in [1.165, 1.54) is 11.8 Å². The standard InChI is InChI=1S/C19H33N5O9S/c1-34-7-5-12(19(32)33)23-17(30)11(4-2-3-6-20)22-18(31)13(9-15(27)28)24-16(29)10(21)8-14(25)26/h10-13H,2-9,20-21H2,1H3,(H,22,31)(H,23,30)(H,24,29)(H,25,26)(H,27,28)(H,32,33). The molecule has 4 unspecified atom stereocenters. The van der Waals surface area contributed by atoms with Crippen molar-refractivity contribution in [2.45, 2.75) is 62.7 Å². The molecule has 0 aromatic heterocycles. The van der Waals surface area contributed by atoms with E-state index in [2.05, 4.69) is 16.0 Å². The third-order valence-corrected chi connectivity index (χ3v) is 5.19. The largest absolute Gasteiger partial charge is 0.481 e. The Morgan fingerprint density at radius 1 is 0.765 bits per heavy atom. The second-order valence-corrected chi connectivity index (χ2v) is 8.38. The number of nitrogens with one attached hydrogen (secondary N) is 3. The average Bonchev–Trinajstić information content (AvgIpc) is 2.74. The number of thioether (sulfide) groups is 1. The quantitative estimate of drug-likeness (QED) is 0.0910. The van der Waals surface area contributed by atoms with Crippen LogP contribution in [0.25, 0.3) is 0 Å². The van der Waals surface area contributed by atoms with Gasteiger partial charge in [0.25, 0.3) is 0 Å². The molecular weight excluding hydrogens is 474 g/mol. The summed E-state index contributed by atoms with van der Waals surface area (Å²) in [5.41, 5.74) is 10.9. The minimum absolute atomic E-state index is 0.0793. The lowest BCUT2D eigenvalue weighted by atomic mass is 10.1. The van der Waals surface area contributed by atoms with Crippen molar-refractivity contribution in [1.82, 2.24) is 16.0 Å². The predicted molar refractivity (Wildman–Crippen MR) is 122 cm³/mol. The molecule has 0 aliphatic heterocycles. The summed E-state index contributed by atoms with van der Waals surface area (Å²) < 4.78 is 0. The van der Waals surface area contributed by atoms with Gasteiger partial charge in [-0.15, -0.1) is 0 Å². The highest BCUT2D eigenvalue weighted by Gasteiger charge is 2.31. The van der Waals surface area contributed by atoms with Crippen LogP contribution in [0.15, 0.2) is 0 Å². The SMILES string of the molecule is CSCCC(NC(=O)C(CCCCN)NC(=O)C(CC(=O)O)NC(=O)C(N)CC(=O)O)C(=O)O. The lowest BCUT2D eigenvalue weighted by Crippen LogP contribution is -2.57. The first-order chi connectivity index (χ1) is 15.9. The molecule has 34 heavy (non-hydrogen) atoms. The van der Waals surface area contributed by atoms with Crippen LogP contribution in [-0.4, -0.2) is 93.7 Å². The van der Waals surface area contributed by atoms with E-state index in [1.807, 2.05) is 0 Å². The zero-order chi connectivity index (χ0) is 26.3. The molecule has 14 nitrogen and oxygen atoms in total. The van der Waals surface area contributed by atoms with Gasteiger partial charge in [0, 0.05) is 0 Å². The Hall–Kier alpha value is -2.91. The zero-order valence-electron chi connectivity index (χ0n) is 18.8. The van der Waals surface area contributed by atoms with E-state index in [0.717, 1.165) is 0 Å². The van der Waals surface area contributed by atoms with E-state index in [0.29, 0.717) is 25.1 Å². The van der Waals surface area contributed by atoms with E-state index in [1.54, 1.807) is 6.26 Å². The van der Waals surface area contributed by atoms with Gasteiger partial charge in [0.2, 0.25) is 17.7 Å². The third-order valence-electron chi connectivity index (χ3n) is 4.55. The molecular formula is C19H33N5O9S. The molecule has 4 atom stereocenters. The van der Waals surface area contributed by atoms with Gasteiger partial charge in [0.05, 0.1) is 18.9 Å². The number of hydrogen-bond donors (Lipinski definition) is 8. The molecule has 0 aromatic carbocycles. The van der Waals surface area contributed by atoms with Crippen LogP contribution >= 0.6 is 11.8 Å². The molecule has 0 saturated carbocycles. The average molecular weight is 508 g/mol. The van der Waals surface area contributed by atoms with Gasteiger partial charge in [-0.3, -0.25) is 24.0 Å². The number of nitrogens with two attached hydrogens (primary N) is 2. The number of carbonyl (C=O) groups excluding carboxylic acids is 3. The molecule has 0 aliphatic carbocycles. The number of hydrogen-bond acceptors (Lipinski definition) is 9.